The molecule has 0 radical (unpaired) electrons. The van der Waals surface area contributed by atoms with Crippen molar-refractivity contribution < 1.29 is 13.2 Å². The summed E-state index contributed by atoms with van der Waals surface area (Å²) in [4.78, 5) is 2.72. The summed E-state index contributed by atoms with van der Waals surface area (Å²) >= 11 is 0. The SMILES string of the molecule is CS(=O)(=O)c1ccc(OCCN2CCC[C@@H](c3ccn[nH]3)C2)cc1. The molecule has 0 amide bonds. The Morgan fingerprint density at radius 2 is 2.08 bits per heavy atom. The van der Waals surface area contributed by atoms with Crippen LogP contribution in [0.5, 0.6) is 5.75 Å². The predicted octanol–water partition coefficient (Wildman–Crippen LogP) is 2.07. The van der Waals surface area contributed by atoms with Crippen molar-refractivity contribution in [2.45, 2.75) is 23.7 Å². The second-order valence-electron chi connectivity index (χ2n) is 6.24. The zero-order valence-corrected chi connectivity index (χ0v) is 14.6. The molecule has 6 nitrogen and oxygen atoms in total. The number of nitrogens with zero attached hydrogens (tertiary/aromatic N) is 2. The van der Waals surface area contributed by atoms with E-state index in [1.807, 2.05) is 6.07 Å². The molecule has 24 heavy (non-hydrogen) atoms. The van der Waals surface area contributed by atoms with Crippen molar-refractivity contribution in [3.05, 3.63) is 42.2 Å². The molecule has 1 atom stereocenters. The molecule has 1 saturated heterocycles. The topological polar surface area (TPSA) is 75.3 Å². The number of hydrogen-bond acceptors (Lipinski definition) is 5. The molecule has 1 aliphatic rings. The Hall–Kier alpha value is -1.86. The molecule has 2 aromatic rings. The van der Waals surface area contributed by atoms with Crippen LogP contribution in [0, 0.1) is 0 Å². The Balaban J connectivity index is 1.47. The van der Waals surface area contributed by atoms with E-state index in [-0.39, 0.29) is 0 Å². The number of likely N-dealkylation sites (tertiary alicyclic amines) is 1. The maximum atomic E-state index is 11.4. The van der Waals surface area contributed by atoms with Gasteiger partial charge in [0.1, 0.15) is 12.4 Å². The summed E-state index contributed by atoms with van der Waals surface area (Å²) in [5, 5.41) is 7.11. The number of aromatic amines is 1. The lowest BCUT2D eigenvalue weighted by Crippen LogP contribution is -2.37. The van der Waals surface area contributed by atoms with Crippen LogP contribution in [0.3, 0.4) is 0 Å². The molecular weight excluding hydrogens is 326 g/mol. The highest BCUT2D eigenvalue weighted by molar-refractivity contribution is 7.90. The first kappa shape index (κ1) is 17.0. The molecule has 0 bridgehead atoms. The Morgan fingerprint density at radius 1 is 1.29 bits per heavy atom. The number of piperidine rings is 1. The van der Waals surface area contributed by atoms with E-state index >= 15 is 0 Å². The highest BCUT2D eigenvalue weighted by atomic mass is 32.2. The predicted molar refractivity (Wildman–Crippen MR) is 92.0 cm³/mol. The second kappa shape index (κ2) is 7.36. The van der Waals surface area contributed by atoms with Crippen molar-refractivity contribution in [1.82, 2.24) is 15.1 Å². The number of H-pyrrole nitrogens is 1. The minimum atomic E-state index is -3.16. The van der Waals surface area contributed by atoms with Gasteiger partial charge in [-0.05, 0) is 49.7 Å². The summed E-state index contributed by atoms with van der Waals surface area (Å²) in [6.07, 6.45) is 5.37. The second-order valence-corrected chi connectivity index (χ2v) is 8.26. The minimum Gasteiger partial charge on any atom is -0.492 e. The van der Waals surface area contributed by atoms with Gasteiger partial charge in [-0.25, -0.2) is 8.42 Å². The highest BCUT2D eigenvalue weighted by Crippen LogP contribution is 2.25. The van der Waals surface area contributed by atoms with Gasteiger partial charge in [-0.2, -0.15) is 5.10 Å². The van der Waals surface area contributed by atoms with Crippen LogP contribution in [0.2, 0.25) is 0 Å². The lowest BCUT2D eigenvalue weighted by molar-refractivity contribution is 0.169. The fourth-order valence-corrected chi connectivity index (χ4v) is 3.71. The van der Waals surface area contributed by atoms with Crippen molar-refractivity contribution in [3.8, 4) is 5.75 Å². The van der Waals surface area contributed by atoms with Crippen LogP contribution in [-0.2, 0) is 9.84 Å². The van der Waals surface area contributed by atoms with Crippen molar-refractivity contribution in [1.29, 1.82) is 0 Å². The summed E-state index contributed by atoms with van der Waals surface area (Å²) in [6, 6.07) is 8.63. The van der Waals surface area contributed by atoms with Crippen LogP contribution in [0.4, 0.5) is 0 Å². The molecule has 0 aliphatic carbocycles. The first-order valence-electron chi connectivity index (χ1n) is 8.17. The molecule has 1 fully saturated rings. The van der Waals surface area contributed by atoms with Gasteiger partial charge >= 0.3 is 0 Å². The van der Waals surface area contributed by atoms with Crippen LogP contribution in [-0.4, -0.2) is 56.0 Å². The number of aromatic nitrogens is 2. The Morgan fingerprint density at radius 3 is 2.75 bits per heavy atom. The van der Waals surface area contributed by atoms with E-state index in [1.165, 1.54) is 24.8 Å². The normalized spacial score (nSPS) is 19.3. The molecule has 2 heterocycles. The van der Waals surface area contributed by atoms with Crippen molar-refractivity contribution in [3.63, 3.8) is 0 Å². The van der Waals surface area contributed by atoms with E-state index < -0.39 is 9.84 Å². The van der Waals surface area contributed by atoms with Gasteiger partial charge < -0.3 is 4.74 Å². The number of rotatable bonds is 6. The molecule has 130 valence electrons. The zero-order chi connectivity index (χ0) is 17.0. The van der Waals surface area contributed by atoms with Crippen LogP contribution < -0.4 is 4.74 Å². The monoisotopic (exact) mass is 349 g/mol. The van der Waals surface area contributed by atoms with E-state index in [0.717, 1.165) is 19.6 Å². The van der Waals surface area contributed by atoms with Gasteiger partial charge in [0.15, 0.2) is 9.84 Å². The lowest BCUT2D eigenvalue weighted by atomic mass is 9.95. The quantitative estimate of drug-likeness (QED) is 0.864. The molecule has 0 unspecified atom stereocenters. The molecule has 0 spiro atoms. The average molecular weight is 349 g/mol. The Labute approximate surface area is 142 Å². The fourth-order valence-electron chi connectivity index (χ4n) is 3.08. The van der Waals surface area contributed by atoms with Gasteiger partial charge in [-0.3, -0.25) is 10.00 Å². The zero-order valence-electron chi connectivity index (χ0n) is 13.8. The summed E-state index contributed by atoms with van der Waals surface area (Å²) in [7, 11) is -3.16. The van der Waals surface area contributed by atoms with Gasteiger partial charge in [0.05, 0.1) is 4.90 Å². The summed E-state index contributed by atoms with van der Waals surface area (Å²) < 4.78 is 28.6. The first-order valence-corrected chi connectivity index (χ1v) is 10.1. The molecule has 1 aromatic carbocycles. The number of sulfone groups is 1. The summed E-state index contributed by atoms with van der Waals surface area (Å²) in [5.41, 5.74) is 1.21. The highest BCUT2D eigenvalue weighted by Gasteiger charge is 2.21. The third kappa shape index (κ3) is 4.36. The van der Waals surface area contributed by atoms with E-state index in [1.54, 1.807) is 30.5 Å². The molecule has 0 saturated carbocycles. The van der Waals surface area contributed by atoms with E-state index in [4.69, 9.17) is 4.74 Å². The number of benzene rings is 1. The third-order valence-corrected chi connectivity index (χ3v) is 5.52. The Bertz CT molecular complexity index is 742. The van der Waals surface area contributed by atoms with Crippen LogP contribution in [0.15, 0.2) is 41.4 Å². The number of hydrogen-bond donors (Lipinski definition) is 1. The maximum absolute atomic E-state index is 11.4. The van der Waals surface area contributed by atoms with Crippen LogP contribution >= 0.6 is 0 Å². The Kier molecular flexibility index (Phi) is 5.20. The molecule has 3 rings (SSSR count). The molecule has 1 N–H and O–H groups in total. The minimum absolute atomic E-state index is 0.313. The van der Waals surface area contributed by atoms with Gasteiger partial charge in [0.25, 0.3) is 0 Å². The van der Waals surface area contributed by atoms with Crippen molar-refractivity contribution in [2.75, 3.05) is 32.5 Å². The van der Waals surface area contributed by atoms with Crippen molar-refractivity contribution >= 4 is 9.84 Å². The molecule has 1 aliphatic heterocycles. The molecular formula is C17H23N3O3S. The summed E-state index contributed by atoms with van der Waals surface area (Å²) in [6.45, 7) is 3.55. The largest absolute Gasteiger partial charge is 0.492 e. The number of ether oxygens (including phenoxy) is 1. The van der Waals surface area contributed by atoms with E-state index in [9.17, 15) is 8.42 Å². The van der Waals surface area contributed by atoms with Crippen LogP contribution in [0.25, 0.3) is 0 Å². The average Bonchev–Trinajstić information content (AvgIpc) is 3.09. The maximum Gasteiger partial charge on any atom is 0.175 e. The van der Waals surface area contributed by atoms with E-state index in [2.05, 4.69) is 15.1 Å². The summed E-state index contributed by atoms with van der Waals surface area (Å²) in [5.74, 6) is 1.21. The first-order chi connectivity index (χ1) is 11.5. The van der Waals surface area contributed by atoms with Gasteiger partial charge in [-0.15, -0.1) is 0 Å². The van der Waals surface area contributed by atoms with Crippen molar-refractivity contribution in [2.24, 2.45) is 0 Å². The van der Waals surface area contributed by atoms with Gasteiger partial charge in [0.2, 0.25) is 0 Å². The fraction of sp³-hybridized carbons (Fsp3) is 0.471. The van der Waals surface area contributed by atoms with Crippen LogP contribution in [0.1, 0.15) is 24.5 Å². The molecule has 1 aromatic heterocycles. The van der Waals surface area contributed by atoms with E-state index in [0.29, 0.717) is 23.2 Å². The molecule has 7 heteroatoms. The smallest absolute Gasteiger partial charge is 0.175 e. The van der Waals surface area contributed by atoms with Gasteiger partial charge in [-0.1, -0.05) is 0 Å². The van der Waals surface area contributed by atoms with Gasteiger partial charge in [0, 0.05) is 37.2 Å². The standard InChI is InChI=1S/C17H23N3O3S/c1-24(21,22)16-6-4-15(5-7-16)23-12-11-20-10-2-3-14(13-20)17-8-9-18-19-17/h4-9,14H,2-3,10-13H2,1H3,(H,18,19)/t14-/m1/s1. The number of nitrogens with one attached hydrogen (secondary N) is 1. The third-order valence-electron chi connectivity index (χ3n) is 4.40. The lowest BCUT2D eigenvalue weighted by Gasteiger charge is -2.32.